The van der Waals surface area contributed by atoms with Crippen LogP contribution in [-0.2, 0) is 34.9 Å². The van der Waals surface area contributed by atoms with Crippen LogP contribution in [0.4, 0.5) is 11.6 Å². The van der Waals surface area contributed by atoms with Gasteiger partial charge in [0.15, 0.2) is 0 Å². The molecule has 4 aromatic rings. The van der Waals surface area contributed by atoms with Gasteiger partial charge in [-0.25, -0.2) is 9.97 Å². The SMILES string of the molecule is CC(C)(C)N1C(=O)C(Cc2ncc(Cl)cc2CCl)c2cccnc21.CC(C)(C)N1C(=O)C(Cc2ncc(Cl)cc2CO)c2cccnc21. The van der Waals surface area contributed by atoms with E-state index >= 15 is 0 Å². The van der Waals surface area contributed by atoms with E-state index in [1.807, 2.05) is 71.9 Å². The van der Waals surface area contributed by atoms with Crippen molar-refractivity contribution < 1.29 is 14.7 Å². The summed E-state index contributed by atoms with van der Waals surface area (Å²) in [5.74, 6) is 1.16. The Labute approximate surface area is 296 Å². The minimum atomic E-state index is -0.359. The zero-order chi connectivity index (χ0) is 35.0. The number of nitrogens with zero attached hydrogens (tertiary/aromatic N) is 6. The van der Waals surface area contributed by atoms with Crippen molar-refractivity contribution in [2.24, 2.45) is 0 Å². The molecule has 1 N–H and O–H groups in total. The van der Waals surface area contributed by atoms with Crippen molar-refractivity contribution in [1.82, 2.24) is 19.9 Å². The van der Waals surface area contributed by atoms with Gasteiger partial charge >= 0.3 is 0 Å². The molecule has 0 spiro atoms. The van der Waals surface area contributed by atoms with Gasteiger partial charge in [-0.2, -0.15) is 0 Å². The first-order valence-corrected chi connectivity index (χ1v) is 17.0. The highest BCUT2D eigenvalue weighted by Gasteiger charge is 2.44. The first-order valence-electron chi connectivity index (χ1n) is 15.7. The van der Waals surface area contributed by atoms with Gasteiger partial charge in [0.2, 0.25) is 11.8 Å². The summed E-state index contributed by atoms with van der Waals surface area (Å²) in [5, 5.41) is 10.6. The van der Waals surface area contributed by atoms with Crippen LogP contribution in [0, 0.1) is 0 Å². The summed E-state index contributed by atoms with van der Waals surface area (Å²) in [6, 6.07) is 11.1. The van der Waals surface area contributed by atoms with Crippen molar-refractivity contribution in [3.63, 3.8) is 0 Å². The van der Waals surface area contributed by atoms with Crippen LogP contribution in [0.15, 0.2) is 61.2 Å². The van der Waals surface area contributed by atoms with Crippen LogP contribution in [-0.4, -0.2) is 47.9 Å². The van der Waals surface area contributed by atoms with Crippen molar-refractivity contribution >= 4 is 58.3 Å². The number of aliphatic hydroxyl groups excluding tert-OH is 1. The van der Waals surface area contributed by atoms with Gasteiger partial charge in [0.25, 0.3) is 0 Å². The van der Waals surface area contributed by atoms with E-state index in [4.69, 9.17) is 34.8 Å². The lowest BCUT2D eigenvalue weighted by Crippen LogP contribution is -2.45. The first kappa shape index (κ1) is 35.7. The van der Waals surface area contributed by atoms with Crippen LogP contribution in [0.3, 0.4) is 0 Å². The van der Waals surface area contributed by atoms with Crippen molar-refractivity contribution in [3.05, 3.63) is 105 Å². The van der Waals surface area contributed by atoms with E-state index < -0.39 is 0 Å². The maximum atomic E-state index is 13.1. The molecule has 2 atom stereocenters. The predicted octanol–water partition coefficient (Wildman–Crippen LogP) is 7.43. The Morgan fingerprint density at radius 2 is 1.12 bits per heavy atom. The zero-order valence-electron chi connectivity index (χ0n) is 27.8. The second-order valence-electron chi connectivity index (χ2n) is 13.8. The molecule has 252 valence electrons. The van der Waals surface area contributed by atoms with Crippen molar-refractivity contribution in [3.8, 4) is 0 Å². The average molecular weight is 710 g/mol. The molecule has 0 bridgehead atoms. The Bertz CT molecular complexity index is 1710. The summed E-state index contributed by atoms with van der Waals surface area (Å²) in [4.78, 5) is 47.2. The van der Waals surface area contributed by atoms with Gasteiger partial charge in [-0.3, -0.25) is 29.4 Å². The fourth-order valence-corrected chi connectivity index (χ4v) is 6.83. The number of pyridine rings is 4. The Balaban J connectivity index is 0.000000188. The Kier molecular flexibility index (Phi) is 10.5. The Hall–Kier alpha value is -3.63. The molecule has 2 aliphatic rings. The molecule has 48 heavy (non-hydrogen) atoms. The van der Waals surface area contributed by atoms with Gasteiger partial charge in [-0.05, 0) is 71.4 Å². The summed E-state index contributed by atoms with van der Waals surface area (Å²) in [6.45, 7) is 11.8. The maximum absolute atomic E-state index is 13.1. The summed E-state index contributed by atoms with van der Waals surface area (Å²) in [5.41, 5.74) is 4.14. The first-order chi connectivity index (χ1) is 22.6. The molecule has 6 heterocycles. The summed E-state index contributed by atoms with van der Waals surface area (Å²) in [6.07, 6.45) is 7.46. The molecule has 0 aliphatic carbocycles. The van der Waals surface area contributed by atoms with Gasteiger partial charge in [-0.15, -0.1) is 11.6 Å². The molecule has 12 heteroatoms. The molecule has 6 rings (SSSR count). The highest BCUT2D eigenvalue weighted by atomic mass is 35.5. The number of hydrogen-bond donors (Lipinski definition) is 1. The lowest BCUT2D eigenvalue weighted by molar-refractivity contribution is -0.121. The lowest BCUT2D eigenvalue weighted by Gasteiger charge is -2.32. The van der Waals surface area contributed by atoms with E-state index in [-0.39, 0.29) is 41.3 Å². The number of alkyl halides is 1. The van der Waals surface area contributed by atoms with Crippen LogP contribution in [0.1, 0.15) is 87.0 Å². The van der Waals surface area contributed by atoms with Gasteiger partial charge in [-0.1, -0.05) is 35.3 Å². The minimum Gasteiger partial charge on any atom is -0.392 e. The molecule has 0 fully saturated rings. The van der Waals surface area contributed by atoms with Crippen LogP contribution in [0.2, 0.25) is 10.0 Å². The van der Waals surface area contributed by atoms with E-state index in [0.29, 0.717) is 45.8 Å². The highest BCUT2D eigenvalue weighted by molar-refractivity contribution is 6.30. The summed E-state index contributed by atoms with van der Waals surface area (Å²) >= 11 is 18.0. The highest BCUT2D eigenvalue weighted by Crippen LogP contribution is 2.42. The standard InChI is InChI=1S/C18H19Cl2N3O.C18H20ClN3O2/c1-18(2,3)23-16-13(5-4-6-21-16)14(17(23)24)8-15-11(9-19)7-12(20)10-22-15;1-18(2,3)22-16-13(5-4-6-20-16)14(17(22)24)8-15-11(10-23)7-12(19)9-21-15/h4-7,10,14H,8-9H2,1-3H3;4-7,9,14,23H,8,10H2,1-3H3. The number of halogens is 3. The van der Waals surface area contributed by atoms with Gasteiger partial charge in [0.05, 0.1) is 28.5 Å². The fourth-order valence-electron chi connectivity index (χ4n) is 6.24. The number of aromatic nitrogens is 4. The van der Waals surface area contributed by atoms with Crippen LogP contribution in [0.5, 0.6) is 0 Å². The molecule has 2 aliphatic heterocycles. The van der Waals surface area contributed by atoms with E-state index in [2.05, 4.69) is 19.9 Å². The topological polar surface area (TPSA) is 112 Å². The molecular formula is C36H39Cl3N6O3. The molecule has 0 saturated heterocycles. The van der Waals surface area contributed by atoms with E-state index in [0.717, 1.165) is 28.2 Å². The van der Waals surface area contributed by atoms with Gasteiger partial charge in [0.1, 0.15) is 11.6 Å². The zero-order valence-corrected chi connectivity index (χ0v) is 30.1. The number of aliphatic hydroxyl groups is 1. The molecule has 0 aromatic carbocycles. The van der Waals surface area contributed by atoms with Crippen LogP contribution < -0.4 is 9.80 Å². The fraction of sp³-hybridized carbons (Fsp3) is 0.389. The quantitative estimate of drug-likeness (QED) is 0.207. The van der Waals surface area contributed by atoms with Crippen molar-refractivity contribution in [2.75, 3.05) is 9.80 Å². The third-order valence-corrected chi connectivity index (χ3v) is 9.05. The molecular weight excluding hydrogens is 671 g/mol. The number of rotatable bonds is 6. The van der Waals surface area contributed by atoms with E-state index in [1.54, 1.807) is 40.7 Å². The van der Waals surface area contributed by atoms with Crippen molar-refractivity contribution in [2.45, 2.75) is 89.8 Å². The molecule has 0 saturated carbocycles. The third kappa shape index (κ3) is 7.20. The number of hydrogen-bond acceptors (Lipinski definition) is 7. The maximum Gasteiger partial charge on any atom is 0.236 e. The molecule has 4 aromatic heterocycles. The van der Waals surface area contributed by atoms with Gasteiger partial charge < -0.3 is 5.11 Å². The molecule has 0 radical (unpaired) electrons. The number of anilines is 2. The van der Waals surface area contributed by atoms with E-state index in [1.165, 1.54) is 0 Å². The van der Waals surface area contributed by atoms with Crippen molar-refractivity contribution in [1.29, 1.82) is 0 Å². The number of carbonyl (C=O) groups excluding carboxylic acids is 2. The van der Waals surface area contributed by atoms with Crippen LogP contribution in [0.25, 0.3) is 0 Å². The normalized spacial score (nSPS) is 17.3. The largest absolute Gasteiger partial charge is 0.392 e. The number of carbonyl (C=O) groups is 2. The molecule has 2 unspecified atom stereocenters. The summed E-state index contributed by atoms with van der Waals surface area (Å²) in [7, 11) is 0. The molecule has 9 nitrogen and oxygen atoms in total. The van der Waals surface area contributed by atoms with Crippen LogP contribution >= 0.6 is 34.8 Å². The predicted molar refractivity (Wildman–Crippen MR) is 190 cm³/mol. The second-order valence-corrected chi connectivity index (χ2v) is 15.0. The number of amides is 2. The second kappa shape index (κ2) is 14.1. The number of fused-ring (bicyclic) bond motifs is 2. The minimum absolute atomic E-state index is 0.0110. The monoisotopic (exact) mass is 708 g/mol. The van der Waals surface area contributed by atoms with E-state index in [9.17, 15) is 14.7 Å². The third-order valence-electron chi connectivity index (χ3n) is 8.35. The Morgan fingerprint density at radius 1 is 0.708 bits per heavy atom. The molecule has 2 amide bonds. The Morgan fingerprint density at radius 3 is 1.52 bits per heavy atom. The average Bonchev–Trinajstić information content (AvgIpc) is 3.48. The van der Waals surface area contributed by atoms with Gasteiger partial charge in [0, 0.05) is 82.7 Å². The lowest BCUT2D eigenvalue weighted by atomic mass is 9.94. The summed E-state index contributed by atoms with van der Waals surface area (Å²) < 4.78 is 0. The smallest absolute Gasteiger partial charge is 0.236 e.